The Labute approximate surface area is 242 Å². The number of carbonyl (C=O) groups is 1. The topological polar surface area (TPSA) is 83.8 Å². The van der Waals surface area contributed by atoms with Crippen LogP contribution in [0.5, 0.6) is 5.75 Å². The number of fused-ring (bicyclic) bond motifs is 1. The standard InChI is InChI=1S/C28H26Cl3NO6S/c1-36-28(33)19-4-7-21(8-5-19)37-13-11-22-23-16-20(29)6-10-26(23)32(27(22)12-14-38-39(2,34)35)17-18-3-9-24(30)25(31)15-18/h3-10,15-16H,11-14,17H2,1-2H3. The van der Waals surface area contributed by atoms with Crippen LogP contribution in [0.2, 0.25) is 15.1 Å². The van der Waals surface area contributed by atoms with Crippen LogP contribution in [0.3, 0.4) is 0 Å². The van der Waals surface area contributed by atoms with Gasteiger partial charge in [0.2, 0.25) is 0 Å². The molecule has 0 atom stereocenters. The Balaban J connectivity index is 1.67. The van der Waals surface area contributed by atoms with Crippen LogP contribution in [-0.2, 0) is 38.4 Å². The summed E-state index contributed by atoms with van der Waals surface area (Å²) in [6.45, 7) is 0.780. The number of aromatic nitrogens is 1. The van der Waals surface area contributed by atoms with Crippen molar-refractivity contribution in [2.45, 2.75) is 19.4 Å². The lowest BCUT2D eigenvalue weighted by molar-refractivity contribution is 0.0600. The van der Waals surface area contributed by atoms with Crippen LogP contribution in [0.4, 0.5) is 0 Å². The summed E-state index contributed by atoms with van der Waals surface area (Å²) in [5, 5.41) is 2.42. The largest absolute Gasteiger partial charge is 0.493 e. The Hall–Kier alpha value is -2.75. The van der Waals surface area contributed by atoms with Gasteiger partial charge < -0.3 is 14.0 Å². The molecule has 206 valence electrons. The summed E-state index contributed by atoms with van der Waals surface area (Å²) >= 11 is 18.8. The Morgan fingerprint density at radius 2 is 1.64 bits per heavy atom. The third kappa shape index (κ3) is 7.47. The van der Waals surface area contributed by atoms with Crippen LogP contribution >= 0.6 is 34.8 Å². The van der Waals surface area contributed by atoms with E-state index in [4.69, 9.17) is 48.5 Å². The first kappa shape index (κ1) is 29.2. The third-order valence-corrected chi connectivity index (χ3v) is 7.67. The molecule has 4 aromatic rings. The van der Waals surface area contributed by atoms with Gasteiger partial charge >= 0.3 is 5.97 Å². The summed E-state index contributed by atoms with van der Waals surface area (Å²) in [7, 11) is -2.28. The number of halogens is 3. The average Bonchev–Trinajstić information content (AvgIpc) is 3.16. The summed E-state index contributed by atoms with van der Waals surface area (Å²) < 4.78 is 41.2. The van der Waals surface area contributed by atoms with Gasteiger partial charge in [0.1, 0.15) is 5.75 Å². The van der Waals surface area contributed by atoms with E-state index in [-0.39, 0.29) is 6.61 Å². The summed E-state index contributed by atoms with van der Waals surface area (Å²) in [6, 6.07) is 17.8. The van der Waals surface area contributed by atoms with Crippen LogP contribution < -0.4 is 4.74 Å². The molecule has 3 aromatic carbocycles. The molecule has 39 heavy (non-hydrogen) atoms. The van der Waals surface area contributed by atoms with Crippen molar-refractivity contribution in [1.82, 2.24) is 4.57 Å². The Kier molecular flexibility index (Phi) is 9.46. The fourth-order valence-electron chi connectivity index (χ4n) is 4.38. The lowest BCUT2D eigenvalue weighted by atomic mass is 10.1. The molecule has 7 nitrogen and oxygen atoms in total. The second-order valence-electron chi connectivity index (χ2n) is 8.81. The minimum absolute atomic E-state index is 0.0207. The van der Waals surface area contributed by atoms with Crippen molar-refractivity contribution >= 4 is 61.8 Å². The van der Waals surface area contributed by atoms with Gasteiger partial charge in [0.15, 0.2) is 0 Å². The molecule has 0 bridgehead atoms. The van der Waals surface area contributed by atoms with Crippen LogP contribution in [0.1, 0.15) is 27.2 Å². The average molecular weight is 611 g/mol. The van der Waals surface area contributed by atoms with Crippen molar-refractivity contribution in [3.63, 3.8) is 0 Å². The third-order valence-electron chi connectivity index (χ3n) is 6.11. The predicted molar refractivity (Wildman–Crippen MR) is 154 cm³/mol. The Morgan fingerprint density at radius 1 is 0.897 bits per heavy atom. The highest BCUT2D eigenvalue weighted by Crippen LogP contribution is 2.32. The number of methoxy groups -OCH3 is 1. The number of nitrogens with zero attached hydrogens (tertiary/aromatic N) is 1. The van der Waals surface area contributed by atoms with E-state index in [9.17, 15) is 13.2 Å². The quantitative estimate of drug-likeness (QED) is 0.141. The van der Waals surface area contributed by atoms with Crippen molar-refractivity contribution in [2.75, 3.05) is 26.6 Å². The van der Waals surface area contributed by atoms with Gasteiger partial charge in [-0.2, -0.15) is 8.42 Å². The van der Waals surface area contributed by atoms with E-state index in [0.717, 1.165) is 34.0 Å². The van der Waals surface area contributed by atoms with Gasteiger partial charge in [-0.05, 0) is 65.7 Å². The van der Waals surface area contributed by atoms with Gasteiger partial charge in [-0.15, -0.1) is 0 Å². The van der Waals surface area contributed by atoms with E-state index >= 15 is 0 Å². The van der Waals surface area contributed by atoms with Gasteiger partial charge in [-0.1, -0.05) is 40.9 Å². The van der Waals surface area contributed by atoms with E-state index in [0.29, 0.717) is 52.4 Å². The molecular formula is C28H26Cl3NO6S. The van der Waals surface area contributed by atoms with Crippen LogP contribution in [0.25, 0.3) is 10.9 Å². The number of hydrogen-bond acceptors (Lipinski definition) is 6. The highest BCUT2D eigenvalue weighted by Gasteiger charge is 2.19. The van der Waals surface area contributed by atoms with E-state index in [1.54, 1.807) is 30.3 Å². The number of esters is 1. The minimum Gasteiger partial charge on any atom is -0.493 e. The summed E-state index contributed by atoms with van der Waals surface area (Å²) in [5.41, 5.74) is 4.15. The second-order valence-corrected chi connectivity index (χ2v) is 11.7. The molecule has 0 amide bonds. The molecule has 1 heterocycles. The molecule has 0 N–H and O–H groups in total. The lowest BCUT2D eigenvalue weighted by Crippen LogP contribution is -2.13. The van der Waals surface area contributed by atoms with Gasteiger partial charge in [0.25, 0.3) is 10.1 Å². The lowest BCUT2D eigenvalue weighted by Gasteiger charge is -2.14. The summed E-state index contributed by atoms with van der Waals surface area (Å²) in [6.07, 6.45) is 1.88. The van der Waals surface area contributed by atoms with Crippen molar-refractivity contribution in [2.24, 2.45) is 0 Å². The van der Waals surface area contributed by atoms with Crippen molar-refractivity contribution in [1.29, 1.82) is 0 Å². The number of hydrogen-bond donors (Lipinski definition) is 0. The molecule has 0 aliphatic rings. The van der Waals surface area contributed by atoms with Gasteiger partial charge in [-0.3, -0.25) is 4.18 Å². The molecule has 11 heteroatoms. The molecule has 0 saturated heterocycles. The SMILES string of the molecule is COC(=O)c1ccc(OCCc2c(CCOS(C)(=O)=O)n(Cc3ccc(Cl)c(Cl)c3)c3ccc(Cl)cc23)cc1. The first-order valence-corrected chi connectivity index (χ1v) is 14.9. The zero-order chi connectivity index (χ0) is 28.2. The molecule has 4 rings (SSSR count). The molecule has 0 radical (unpaired) electrons. The van der Waals surface area contributed by atoms with Gasteiger partial charge in [0, 0.05) is 41.0 Å². The predicted octanol–water partition coefficient (Wildman–Crippen LogP) is 6.58. The Bertz CT molecular complexity index is 1600. The van der Waals surface area contributed by atoms with Crippen LogP contribution in [0.15, 0.2) is 60.7 Å². The van der Waals surface area contributed by atoms with E-state index in [2.05, 4.69) is 4.57 Å². The molecular weight excluding hydrogens is 585 g/mol. The maximum atomic E-state index is 11.7. The minimum atomic E-state index is -3.61. The van der Waals surface area contributed by atoms with Crippen LogP contribution in [-0.4, -0.2) is 45.5 Å². The van der Waals surface area contributed by atoms with Crippen LogP contribution in [0, 0.1) is 0 Å². The normalized spacial score (nSPS) is 11.6. The molecule has 0 fully saturated rings. The zero-order valence-corrected chi connectivity index (χ0v) is 24.3. The van der Waals surface area contributed by atoms with E-state index < -0.39 is 16.1 Å². The molecule has 0 aliphatic carbocycles. The molecule has 0 aliphatic heterocycles. The van der Waals surface area contributed by atoms with Gasteiger partial charge in [0.05, 0.1) is 42.2 Å². The van der Waals surface area contributed by atoms with Crippen molar-refractivity contribution in [3.05, 3.63) is 98.1 Å². The highest BCUT2D eigenvalue weighted by atomic mass is 35.5. The Morgan fingerprint density at radius 3 is 2.31 bits per heavy atom. The fraction of sp³-hybridized carbons (Fsp3) is 0.250. The number of carbonyl (C=O) groups excluding carboxylic acids is 1. The first-order chi connectivity index (χ1) is 18.6. The van der Waals surface area contributed by atoms with E-state index in [1.165, 1.54) is 7.11 Å². The van der Waals surface area contributed by atoms with Gasteiger partial charge in [-0.25, -0.2) is 4.79 Å². The summed E-state index contributed by atoms with van der Waals surface area (Å²) in [4.78, 5) is 11.7. The maximum absolute atomic E-state index is 11.7. The number of ether oxygens (including phenoxy) is 2. The molecule has 0 spiro atoms. The highest BCUT2D eigenvalue weighted by molar-refractivity contribution is 7.85. The fourth-order valence-corrected chi connectivity index (χ4v) is 5.26. The van der Waals surface area contributed by atoms with Crippen molar-refractivity contribution < 1.29 is 26.9 Å². The number of rotatable bonds is 11. The van der Waals surface area contributed by atoms with Crippen molar-refractivity contribution in [3.8, 4) is 5.75 Å². The summed E-state index contributed by atoms with van der Waals surface area (Å²) in [5.74, 6) is 0.177. The monoisotopic (exact) mass is 609 g/mol. The zero-order valence-electron chi connectivity index (χ0n) is 21.2. The number of benzene rings is 3. The molecule has 0 unspecified atom stereocenters. The molecule has 1 aromatic heterocycles. The van der Waals surface area contributed by atoms with E-state index in [1.807, 2.05) is 30.3 Å². The maximum Gasteiger partial charge on any atom is 0.337 e. The second kappa shape index (κ2) is 12.6. The smallest absolute Gasteiger partial charge is 0.337 e. The molecule has 0 saturated carbocycles. The first-order valence-electron chi connectivity index (χ1n) is 11.9.